The van der Waals surface area contributed by atoms with Crippen molar-refractivity contribution >= 4 is 51.0 Å². The van der Waals surface area contributed by atoms with Crippen molar-refractivity contribution in [3.63, 3.8) is 0 Å². The lowest BCUT2D eigenvalue weighted by atomic mass is 10.1. The Bertz CT molecular complexity index is 1130. The highest BCUT2D eigenvalue weighted by Crippen LogP contribution is 2.24. The van der Waals surface area contributed by atoms with Gasteiger partial charge in [0.05, 0.1) is 18.6 Å². The maximum atomic E-state index is 13.1. The minimum Gasteiger partial charge on any atom is -0.493 e. The fourth-order valence-electron chi connectivity index (χ4n) is 3.66. The number of para-hydroxylation sites is 1. The van der Waals surface area contributed by atoms with Crippen molar-refractivity contribution in [2.45, 2.75) is 32.7 Å². The number of thiocarbonyl (C=S) groups is 1. The van der Waals surface area contributed by atoms with E-state index in [0.29, 0.717) is 47.1 Å². The second-order valence-electron chi connectivity index (χ2n) is 9.02. The molecule has 2 amide bonds. The number of halogens is 1. The van der Waals surface area contributed by atoms with E-state index in [2.05, 4.69) is 40.4 Å². The summed E-state index contributed by atoms with van der Waals surface area (Å²) in [5.74, 6) is 0.146. The number of benzene rings is 2. The normalized spacial score (nSPS) is 15.0. The van der Waals surface area contributed by atoms with Gasteiger partial charge in [0.25, 0.3) is 5.91 Å². The number of rotatable bonds is 11. The number of carbonyl (C=O) groups is 3. The van der Waals surface area contributed by atoms with Crippen molar-refractivity contribution in [2.75, 3.05) is 32.9 Å². The predicted molar refractivity (Wildman–Crippen MR) is 150 cm³/mol. The Morgan fingerprint density at radius 3 is 2.63 bits per heavy atom. The molecule has 2 N–H and O–H groups in total. The van der Waals surface area contributed by atoms with Gasteiger partial charge in [-0.3, -0.25) is 19.7 Å². The zero-order valence-corrected chi connectivity index (χ0v) is 23.8. The zero-order chi connectivity index (χ0) is 27.5. The van der Waals surface area contributed by atoms with Crippen LogP contribution in [0, 0.1) is 5.92 Å². The first-order chi connectivity index (χ1) is 18.2. The second kappa shape index (κ2) is 14.7. The highest BCUT2D eigenvalue weighted by molar-refractivity contribution is 9.10. The van der Waals surface area contributed by atoms with Crippen LogP contribution in [-0.4, -0.2) is 66.7 Å². The summed E-state index contributed by atoms with van der Waals surface area (Å²) in [6.45, 7) is 5.52. The van der Waals surface area contributed by atoms with Gasteiger partial charge in [0.1, 0.15) is 30.8 Å². The number of ether oxygens (including phenoxy) is 3. The average Bonchev–Trinajstić information content (AvgIpc) is 2.89. The minimum absolute atomic E-state index is 0.0335. The van der Waals surface area contributed by atoms with E-state index in [1.54, 1.807) is 30.3 Å². The molecule has 1 heterocycles. The van der Waals surface area contributed by atoms with Gasteiger partial charge in [-0.25, -0.2) is 0 Å². The van der Waals surface area contributed by atoms with Crippen LogP contribution in [0.25, 0.3) is 0 Å². The molecule has 1 atom stereocenters. The number of nitrogens with zero attached hydrogens (tertiary/aromatic N) is 1. The van der Waals surface area contributed by atoms with E-state index >= 15 is 0 Å². The van der Waals surface area contributed by atoms with E-state index in [1.165, 1.54) is 4.90 Å². The Balaban J connectivity index is 1.58. The Kier molecular flexibility index (Phi) is 11.3. The molecule has 2 aromatic rings. The SMILES string of the molecule is CC(C)CCOc1ccc(Br)cc1C(=O)NC(=S)N1CCNC(=O)C1CC(=O)OCCOc1ccccc1. The molecule has 9 nitrogen and oxygen atoms in total. The number of carbonyl (C=O) groups excluding carboxylic acids is 3. The molecule has 204 valence electrons. The van der Waals surface area contributed by atoms with E-state index in [4.69, 9.17) is 26.4 Å². The highest BCUT2D eigenvalue weighted by Gasteiger charge is 2.34. The quantitative estimate of drug-likeness (QED) is 0.227. The first kappa shape index (κ1) is 29.4. The van der Waals surface area contributed by atoms with Gasteiger partial charge in [-0.1, -0.05) is 48.0 Å². The van der Waals surface area contributed by atoms with Gasteiger partial charge in [-0.2, -0.15) is 0 Å². The molecule has 3 rings (SSSR count). The lowest BCUT2D eigenvalue weighted by Crippen LogP contribution is -2.60. The molecule has 0 aliphatic carbocycles. The van der Waals surface area contributed by atoms with Gasteiger partial charge in [-0.05, 0) is 54.9 Å². The molecule has 1 unspecified atom stereocenters. The van der Waals surface area contributed by atoms with Gasteiger partial charge in [0, 0.05) is 17.6 Å². The molecule has 0 spiro atoms. The smallest absolute Gasteiger partial charge is 0.308 e. The summed E-state index contributed by atoms with van der Waals surface area (Å²) in [6, 6.07) is 13.4. The molecule has 0 radical (unpaired) electrons. The average molecular weight is 607 g/mol. The van der Waals surface area contributed by atoms with Crippen molar-refractivity contribution < 1.29 is 28.6 Å². The first-order valence-electron chi connectivity index (χ1n) is 12.4. The summed E-state index contributed by atoms with van der Waals surface area (Å²) in [5, 5.41) is 5.47. The third-order valence-corrected chi connectivity index (χ3v) is 6.50. The van der Waals surface area contributed by atoms with Crippen LogP contribution in [0.1, 0.15) is 37.0 Å². The summed E-state index contributed by atoms with van der Waals surface area (Å²) in [4.78, 5) is 39.7. The number of hydrogen-bond donors (Lipinski definition) is 2. The Morgan fingerprint density at radius 1 is 1.13 bits per heavy atom. The van der Waals surface area contributed by atoms with Crippen LogP contribution in [0.15, 0.2) is 53.0 Å². The minimum atomic E-state index is -0.914. The van der Waals surface area contributed by atoms with Crippen molar-refractivity contribution in [3.8, 4) is 11.5 Å². The topological polar surface area (TPSA) is 106 Å². The maximum Gasteiger partial charge on any atom is 0.308 e. The first-order valence-corrected chi connectivity index (χ1v) is 13.6. The summed E-state index contributed by atoms with van der Waals surface area (Å²) in [6.07, 6.45) is 0.613. The predicted octanol–water partition coefficient (Wildman–Crippen LogP) is 3.70. The Labute approximate surface area is 236 Å². The molecule has 2 aromatic carbocycles. The van der Waals surface area contributed by atoms with Crippen molar-refractivity contribution in [2.24, 2.45) is 5.92 Å². The lowest BCUT2D eigenvalue weighted by molar-refractivity contribution is -0.148. The van der Waals surface area contributed by atoms with Crippen molar-refractivity contribution in [1.82, 2.24) is 15.5 Å². The van der Waals surface area contributed by atoms with Gasteiger partial charge in [-0.15, -0.1) is 0 Å². The lowest BCUT2D eigenvalue weighted by Gasteiger charge is -2.36. The molecular formula is C27H32BrN3O6S. The van der Waals surface area contributed by atoms with Crippen LogP contribution in [0.3, 0.4) is 0 Å². The van der Waals surface area contributed by atoms with Crippen LogP contribution in [0.4, 0.5) is 0 Å². The summed E-state index contributed by atoms with van der Waals surface area (Å²) >= 11 is 8.87. The summed E-state index contributed by atoms with van der Waals surface area (Å²) in [5.41, 5.74) is 0.307. The number of amides is 2. The van der Waals surface area contributed by atoms with Crippen molar-refractivity contribution in [1.29, 1.82) is 0 Å². The molecule has 38 heavy (non-hydrogen) atoms. The van der Waals surface area contributed by atoms with Crippen LogP contribution in [0.2, 0.25) is 0 Å². The fraction of sp³-hybridized carbons (Fsp3) is 0.407. The van der Waals surface area contributed by atoms with E-state index in [0.717, 1.165) is 6.42 Å². The molecule has 0 aromatic heterocycles. The molecule has 0 bridgehead atoms. The van der Waals surface area contributed by atoms with Crippen LogP contribution >= 0.6 is 28.1 Å². The van der Waals surface area contributed by atoms with Crippen LogP contribution in [-0.2, 0) is 14.3 Å². The maximum absolute atomic E-state index is 13.1. The fourth-order valence-corrected chi connectivity index (χ4v) is 4.33. The van der Waals surface area contributed by atoms with E-state index in [9.17, 15) is 14.4 Å². The molecule has 1 fully saturated rings. The van der Waals surface area contributed by atoms with Crippen molar-refractivity contribution in [3.05, 3.63) is 58.6 Å². The number of nitrogens with one attached hydrogen (secondary N) is 2. The van der Waals surface area contributed by atoms with E-state index in [1.807, 2.05) is 18.2 Å². The standard InChI is InChI=1S/C27H32BrN3O6S/c1-18(2)10-13-36-23-9-8-19(28)16-21(23)25(33)30-27(38)31-12-11-29-26(34)22(31)17-24(32)37-15-14-35-20-6-4-3-5-7-20/h3-9,16,18,22H,10-15,17H2,1-2H3,(H,29,34)(H,30,33,38). The molecule has 11 heteroatoms. The Hall–Kier alpha value is -3.18. The number of piperazine rings is 1. The monoisotopic (exact) mass is 605 g/mol. The molecule has 1 aliphatic rings. The Morgan fingerprint density at radius 2 is 1.89 bits per heavy atom. The zero-order valence-electron chi connectivity index (χ0n) is 21.4. The second-order valence-corrected chi connectivity index (χ2v) is 10.3. The number of hydrogen-bond acceptors (Lipinski definition) is 7. The van der Waals surface area contributed by atoms with Gasteiger partial charge in [0.2, 0.25) is 5.91 Å². The van der Waals surface area contributed by atoms with E-state index in [-0.39, 0.29) is 30.7 Å². The molecule has 0 saturated carbocycles. The highest BCUT2D eigenvalue weighted by atomic mass is 79.9. The third kappa shape index (κ3) is 8.98. The van der Waals surface area contributed by atoms with E-state index < -0.39 is 17.9 Å². The largest absolute Gasteiger partial charge is 0.493 e. The molecule has 1 aliphatic heterocycles. The van der Waals surface area contributed by atoms with Crippen LogP contribution < -0.4 is 20.1 Å². The summed E-state index contributed by atoms with van der Waals surface area (Å²) < 4.78 is 17.3. The van der Waals surface area contributed by atoms with Gasteiger partial charge >= 0.3 is 5.97 Å². The third-order valence-electron chi connectivity index (χ3n) is 5.67. The molecule has 1 saturated heterocycles. The number of esters is 1. The van der Waals surface area contributed by atoms with Crippen LogP contribution in [0.5, 0.6) is 11.5 Å². The van der Waals surface area contributed by atoms with Gasteiger partial charge in [0.15, 0.2) is 5.11 Å². The van der Waals surface area contributed by atoms with Gasteiger partial charge < -0.3 is 24.4 Å². The summed E-state index contributed by atoms with van der Waals surface area (Å²) in [7, 11) is 0. The molecular weight excluding hydrogens is 574 g/mol.